The van der Waals surface area contributed by atoms with Crippen molar-refractivity contribution in [1.29, 1.82) is 0 Å². The second-order valence-electron chi connectivity index (χ2n) is 11.6. The Morgan fingerprint density at radius 1 is 1.20 bits per heavy atom. The highest BCUT2D eigenvalue weighted by Crippen LogP contribution is 2.46. The molecule has 0 saturated carbocycles. The summed E-state index contributed by atoms with van der Waals surface area (Å²) in [5.41, 5.74) is 2.93. The third-order valence-electron chi connectivity index (χ3n) is 8.45. The van der Waals surface area contributed by atoms with Crippen LogP contribution in [0.15, 0.2) is 47.9 Å². The summed E-state index contributed by atoms with van der Waals surface area (Å²) in [6, 6.07) is 6.36. The number of aromatic nitrogens is 4. The van der Waals surface area contributed by atoms with E-state index in [4.69, 9.17) is 33.2 Å². The largest absolute Gasteiger partial charge is 0.507 e. The van der Waals surface area contributed by atoms with Gasteiger partial charge >= 0.3 is 5.69 Å². The Bertz CT molecular complexity index is 1870. The molecule has 3 aromatic heterocycles. The van der Waals surface area contributed by atoms with Crippen molar-refractivity contribution in [2.75, 3.05) is 29.9 Å². The van der Waals surface area contributed by atoms with Crippen LogP contribution in [0.4, 0.5) is 11.5 Å². The normalized spacial score (nSPS) is 18.1. The maximum Gasteiger partial charge on any atom is 0.355 e. The molecule has 1 aromatic carbocycles. The van der Waals surface area contributed by atoms with E-state index in [9.17, 15) is 14.7 Å². The quantitative estimate of drug-likeness (QED) is 0.275. The molecule has 6 rings (SSSR count). The number of halogens is 2. The minimum absolute atomic E-state index is 0.0110. The number of benzene rings is 1. The summed E-state index contributed by atoms with van der Waals surface area (Å²) in [6.07, 6.45) is 3.70. The lowest BCUT2D eigenvalue weighted by molar-refractivity contribution is -0.128. The smallest absolute Gasteiger partial charge is 0.355 e. The summed E-state index contributed by atoms with van der Waals surface area (Å²) in [5, 5.41) is 15.5. The number of piperazine rings is 1. The van der Waals surface area contributed by atoms with E-state index in [0.717, 1.165) is 5.56 Å². The predicted molar refractivity (Wildman–Crippen MR) is 174 cm³/mol. The summed E-state index contributed by atoms with van der Waals surface area (Å²) in [4.78, 5) is 45.2. The summed E-state index contributed by atoms with van der Waals surface area (Å²) < 4.78 is 1.49. The molecule has 2 aliphatic rings. The second kappa shape index (κ2) is 11.4. The van der Waals surface area contributed by atoms with Crippen molar-refractivity contribution in [3.8, 4) is 22.7 Å². The molecule has 1 fully saturated rings. The number of amides is 1. The van der Waals surface area contributed by atoms with E-state index >= 15 is 0 Å². The number of hydrogen-bond donors (Lipinski definition) is 2. The summed E-state index contributed by atoms with van der Waals surface area (Å²) in [5.74, 6) is 0.194. The van der Waals surface area contributed by atoms with Crippen molar-refractivity contribution >= 4 is 51.6 Å². The number of fused-ring (bicyclic) bond motifs is 2. The fourth-order valence-corrected chi connectivity index (χ4v) is 6.87. The van der Waals surface area contributed by atoms with Gasteiger partial charge in [-0.2, -0.15) is 4.98 Å². The number of aromatic hydroxyl groups is 1. The lowest BCUT2D eigenvalue weighted by Crippen LogP contribution is -2.60. The molecule has 2 atom stereocenters. The lowest BCUT2D eigenvalue weighted by atomic mass is 10.0. The van der Waals surface area contributed by atoms with Crippen molar-refractivity contribution < 1.29 is 9.90 Å². The number of rotatable bonds is 4. The summed E-state index contributed by atoms with van der Waals surface area (Å²) in [6.45, 7) is 13.0. The molecule has 12 heteroatoms. The Balaban J connectivity index is 1.73. The maximum atomic E-state index is 14.3. The van der Waals surface area contributed by atoms with Gasteiger partial charge in [-0.25, -0.2) is 14.3 Å². The van der Waals surface area contributed by atoms with Crippen LogP contribution in [-0.4, -0.2) is 67.2 Å². The Hall–Kier alpha value is -4.15. The SMILES string of the molecule is C=CC(=O)N1CC2CCNc3c(Cl)c(-c4c(O)cccc4Cl)nc4c3c(nc(=O)n4-c3c(C)ccnc3C(C)C)N2CC1C. The number of aryl methyl sites for hydroxylation is 1. The number of phenols is 1. The first kappa shape index (κ1) is 29.9. The molecular formula is C32H33Cl2N7O3. The Morgan fingerprint density at radius 3 is 2.68 bits per heavy atom. The molecule has 1 saturated heterocycles. The van der Waals surface area contributed by atoms with Crippen LogP contribution in [0.3, 0.4) is 0 Å². The first-order chi connectivity index (χ1) is 21.0. The molecule has 5 heterocycles. The lowest BCUT2D eigenvalue weighted by Gasteiger charge is -2.46. The highest BCUT2D eigenvalue weighted by Gasteiger charge is 2.38. The van der Waals surface area contributed by atoms with Crippen molar-refractivity contribution in [1.82, 2.24) is 24.4 Å². The van der Waals surface area contributed by atoms with Crippen molar-refractivity contribution in [3.63, 3.8) is 0 Å². The van der Waals surface area contributed by atoms with E-state index in [0.29, 0.717) is 60.0 Å². The van der Waals surface area contributed by atoms with Crippen LogP contribution in [0.25, 0.3) is 28.0 Å². The van der Waals surface area contributed by atoms with Gasteiger partial charge in [0, 0.05) is 37.9 Å². The Labute approximate surface area is 265 Å². The highest BCUT2D eigenvalue weighted by atomic mass is 35.5. The van der Waals surface area contributed by atoms with Crippen LogP contribution in [0.2, 0.25) is 10.0 Å². The fourth-order valence-electron chi connectivity index (χ4n) is 6.32. The van der Waals surface area contributed by atoms with E-state index in [1.165, 1.54) is 16.7 Å². The van der Waals surface area contributed by atoms with Gasteiger partial charge in [-0.15, -0.1) is 0 Å². The Kier molecular flexibility index (Phi) is 7.75. The molecule has 2 unspecified atom stereocenters. The number of nitrogens with one attached hydrogen (secondary N) is 1. The van der Waals surface area contributed by atoms with Crippen LogP contribution in [0.5, 0.6) is 5.75 Å². The van der Waals surface area contributed by atoms with Crippen LogP contribution in [-0.2, 0) is 4.79 Å². The van der Waals surface area contributed by atoms with E-state index in [2.05, 4.69) is 21.8 Å². The molecule has 1 amide bonds. The van der Waals surface area contributed by atoms with E-state index < -0.39 is 5.69 Å². The van der Waals surface area contributed by atoms with Crippen molar-refractivity contribution in [2.45, 2.75) is 52.1 Å². The van der Waals surface area contributed by atoms with Gasteiger partial charge in [-0.1, -0.05) is 49.7 Å². The van der Waals surface area contributed by atoms with E-state index in [1.54, 1.807) is 23.2 Å². The standard InChI is InChI=1S/C32H33Cl2N7O3/c1-6-22(43)39-15-19-11-13-36-27-24-30(40(19)14-18(39)5)38-32(44)41(29-17(4)10-12-35-26(29)16(2)3)31(24)37-28(25(27)34)23-20(33)8-7-9-21(23)42/h6-10,12,16,18-19,36,42H,1,11,13-15H2,2-5H3. The van der Waals surface area contributed by atoms with Crippen LogP contribution in [0, 0.1) is 6.92 Å². The predicted octanol–water partition coefficient (Wildman–Crippen LogP) is 5.69. The van der Waals surface area contributed by atoms with E-state index in [1.807, 2.05) is 33.8 Å². The molecular weight excluding hydrogens is 601 g/mol. The third-order valence-corrected chi connectivity index (χ3v) is 9.13. The fraction of sp³-hybridized carbons (Fsp3) is 0.344. The molecule has 0 spiro atoms. The highest BCUT2D eigenvalue weighted by molar-refractivity contribution is 6.39. The molecule has 0 aliphatic carbocycles. The van der Waals surface area contributed by atoms with Gasteiger partial charge in [0.05, 0.1) is 43.8 Å². The zero-order valence-electron chi connectivity index (χ0n) is 24.9. The van der Waals surface area contributed by atoms with Crippen molar-refractivity contribution in [3.05, 3.63) is 74.9 Å². The molecule has 0 radical (unpaired) electrons. The Morgan fingerprint density at radius 2 is 1.98 bits per heavy atom. The zero-order chi connectivity index (χ0) is 31.4. The van der Waals surface area contributed by atoms with Gasteiger partial charge in [-0.3, -0.25) is 9.78 Å². The number of hydrogen-bond acceptors (Lipinski definition) is 8. The molecule has 4 aromatic rings. The monoisotopic (exact) mass is 633 g/mol. The summed E-state index contributed by atoms with van der Waals surface area (Å²) in [7, 11) is 0. The molecule has 228 valence electrons. The van der Waals surface area contributed by atoms with Gasteiger partial charge in [0.25, 0.3) is 0 Å². The van der Waals surface area contributed by atoms with Crippen LogP contribution < -0.4 is 15.9 Å². The van der Waals surface area contributed by atoms with Crippen molar-refractivity contribution in [2.24, 2.45) is 0 Å². The minimum Gasteiger partial charge on any atom is -0.507 e. The molecule has 2 aliphatic heterocycles. The van der Waals surface area contributed by atoms with Gasteiger partial charge in [0.15, 0.2) is 5.65 Å². The topological polar surface area (TPSA) is 116 Å². The molecule has 10 nitrogen and oxygen atoms in total. The maximum absolute atomic E-state index is 14.3. The number of carbonyl (C=O) groups is 1. The summed E-state index contributed by atoms with van der Waals surface area (Å²) >= 11 is 13.7. The molecule has 2 N–H and O–H groups in total. The average molecular weight is 635 g/mol. The van der Waals surface area contributed by atoms with Crippen LogP contribution in [0.1, 0.15) is 44.4 Å². The van der Waals surface area contributed by atoms with Gasteiger partial charge in [0.2, 0.25) is 5.91 Å². The molecule has 44 heavy (non-hydrogen) atoms. The minimum atomic E-state index is -0.530. The van der Waals surface area contributed by atoms with Crippen LogP contribution >= 0.6 is 23.2 Å². The van der Waals surface area contributed by atoms with Gasteiger partial charge in [0.1, 0.15) is 11.6 Å². The number of anilines is 2. The van der Waals surface area contributed by atoms with E-state index in [-0.39, 0.29) is 51.0 Å². The van der Waals surface area contributed by atoms with Gasteiger partial charge in [-0.05, 0) is 56.0 Å². The average Bonchev–Trinajstić information content (AvgIpc) is 2.97. The first-order valence-corrected chi connectivity index (χ1v) is 15.3. The molecule has 0 bridgehead atoms. The number of phenolic OH excluding ortho intramolecular Hbond substituents is 1. The number of nitrogens with zero attached hydrogens (tertiary/aromatic N) is 6. The first-order valence-electron chi connectivity index (χ1n) is 14.6. The number of pyridine rings is 2. The zero-order valence-corrected chi connectivity index (χ0v) is 26.4. The van der Waals surface area contributed by atoms with Gasteiger partial charge < -0.3 is 20.2 Å². The third kappa shape index (κ3) is 4.77. The number of carbonyl (C=O) groups excluding carboxylic acids is 1. The second-order valence-corrected chi connectivity index (χ2v) is 12.4.